The SMILES string of the molecule is CCn1cc(NC(=S)NCc2ccc(F)cc2)c(C(N)=O)n1. The van der Waals surface area contributed by atoms with E-state index in [0.29, 0.717) is 23.9 Å². The van der Waals surface area contributed by atoms with Gasteiger partial charge in [-0.25, -0.2) is 4.39 Å². The molecule has 0 unspecified atom stereocenters. The maximum absolute atomic E-state index is 12.8. The van der Waals surface area contributed by atoms with Crippen molar-refractivity contribution >= 4 is 28.9 Å². The van der Waals surface area contributed by atoms with Crippen LogP contribution >= 0.6 is 12.2 Å². The number of carbonyl (C=O) groups is 1. The summed E-state index contributed by atoms with van der Waals surface area (Å²) in [7, 11) is 0. The summed E-state index contributed by atoms with van der Waals surface area (Å²) in [6, 6.07) is 6.08. The molecule has 1 aromatic heterocycles. The van der Waals surface area contributed by atoms with Gasteiger partial charge < -0.3 is 16.4 Å². The van der Waals surface area contributed by atoms with Gasteiger partial charge in [-0.05, 0) is 36.8 Å². The standard InChI is InChI=1S/C14H16FN5OS/c1-2-20-8-11(12(19-20)13(16)21)18-14(22)17-7-9-3-5-10(15)6-4-9/h3-6,8H,2,7H2,1H3,(H2,16,21)(H2,17,18,22). The molecule has 0 aliphatic carbocycles. The molecule has 0 fully saturated rings. The summed E-state index contributed by atoms with van der Waals surface area (Å²) >= 11 is 5.17. The number of anilines is 1. The average Bonchev–Trinajstić information content (AvgIpc) is 2.90. The van der Waals surface area contributed by atoms with E-state index in [9.17, 15) is 9.18 Å². The van der Waals surface area contributed by atoms with E-state index < -0.39 is 5.91 Å². The van der Waals surface area contributed by atoms with Gasteiger partial charge >= 0.3 is 0 Å². The van der Waals surface area contributed by atoms with E-state index in [0.717, 1.165) is 5.56 Å². The molecule has 0 bridgehead atoms. The van der Waals surface area contributed by atoms with Gasteiger partial charge in [0.2, 0.25) is 0 Å². The van der Waals surface area contributed by atoms with Crippen LogP contribution in [0.15, 0.2) is 30.5 Å². The third-order valence-corrected chi connectivity index (χ3v) is 3.18. The molecular formula is C14H16FN5OS. The summed E-state index contributed by atoms with van der Waals surface area (Å²) < 4.78 is 14.4. The summed E-state index contributed by atoms with van der Waals surface area (Å²) in [5.41, 5.74) is 6.75. The van der Waals surface area contributed by atoms with E-state index in [2.05, 4.69) is 15.7 Å². The third kappa shape index (κ3) is 4.01. The van der Waals surface area contributed by atoms with Crippen LogP contribution in [0.3, 0.4) is 0 Å². The minimum atomic E-state index is -0.629. The van der Waals surface area contributed by atoms with Crippen LogP contribution in [0.2, 0.25) is 0 Å². The summed E-state index contributed by atoms with van der Waals surface area (Å²) in [4.78, 5) is 11.4. The fraction of sp³-hybridized carbons (Fsp3) is 0.214. The maximum atomic E-state index is 12.8. The molecule has 0 atom stereocenters. The molecule has 8 heteroatoms. The quantitative estimate of drug-likeness (QED) is 0.729. The number of aryl methyl sites for hydroxylation is 1. The van der Waals surface area contributed by atoms with E-state index >= 15 is 0 Å². The molecule has 0 aliphatic heterocycles. The lowest BCUT2D eigenvalue weighted by Gasteiger charge is -2.09. The number of nitrogens with two attached hydrogens (primary N) is 1. The Balaban J connectivity index is 1.98. The Morgan fingerprint density at radius 3 is 2.68 bits per heavy atom. The van der Waals surface area contributed by atoms with Gasteiger partial charge in [0, 0.05) is 19.3 Å². The summed E-state index contributed by atoms with van der Waals surface area (Å²) in [6.07, 6.45) is 1.66. The summed E-state index contributed by atoms with van der Waals surface area (Å²) in [6.45, 7) is 2.93. The molecule has 4 N–H and O–H groups in total. The lowest BCUT2D eigenvalue weighted by atomic mass is 10.2. The number of halogens is 1. The highest BCUT2D eigenvalue weighted by Crippen LogP contribution is 2.13. The van der Waals surface area contributed by atoms with Gasteiger partial charge in [-0.3, -0.25) is 9.48 Å². The van der Waals surface area contributed by atoms with Crippen LogP contribution in [0.5, 0.6) is 0 Å². The van der Waals surface area contributed by atoms with E-state index in [1.807, 2.05) is 6.92 Å². The van der Waals surface area contributed by atoms with Crippen molar-refractivity contribution < 1.29 is 9.18 Å². The second-order valence-electron chi connectivity index (χ2n) is 4.55. The Morgan fingerprint density at radius 2 is 2.09 bits per heavy atom. The Hall–Kier alpha value is -2.48. The van der Waals surface area contributed by atoms with Crippen molar-refractivity contribution in [3.05, 3.63) is 47.5 Å². The largest absolute Gasteiger partial charge is 0.364 e. The summed E-state index contributed by atoms with van der Waals surface area (Å²) in [5, 5.41) is 10.2. The number of rotatable bonds is 5. The molecule has 22 heavy (non-hydrogen) atoms. The molecule has 0 spiro atoms. The molecule has 1 heterocycles. The molecule has 1 aromatic carbocycles. The lowest BCUT2D eigenvalue weighted by Crippen LogP contribution is -2.28. The van der Waals surface area contributed by atoms with Gasteiger partial charge in [-0.1, -0.05) is 12.1 Å². The van der Waals surface area contributed by atoms with E-state index in [-0.39, 0.29) is 11.5 Å². The topological polar surface area (TPSA) is 85.0 Å². The number of benzene rings is 1. The highest BCUT2D eigenvalue weighted by atomic mass is 32.1. The molecular weight excluding hydrogens is 305 g/mol. The van der Waals surface area contributed by atoms with Crippen molar-refractivity contribution in [3.8, 4) is 0 Å². The number of nitrogens with zero attached hydrogens (tertiary/aromatic N) is 2. The summed E-state index contributed by atoms with van der Waals surface area (Å²) in [5.74, 6) is -0.918. The number of aromatic nitrogens is 2. The van der Waals surface area contributed by atoms with Crippen molar-refractivity contribution in [1.29, 1.82) is 0 Å². The number of thiocarbonyl (C=S) groups is 1. The van der Waals surface area contributed by atoms with Crippen molar-refractivity contribution in [1.82, 2.24) is 15.1 Å². The minimum Gasteiger partial charge on any atom is -0.364 e. The van der Waals surface area contributed by atoms with Crippen LogP contribution in [-0.4, -0.2) is 20.8 Å². The second kappa shape index (κ2) is 6.99. The number of nitrogens with one attached hydrogen (secondary N) is 2. The van der Waals surface area contributed by atoms with Crippen LogP contribution in [0.1, 0.15) is 23.0 Å². The van der Waals surface area contributed by atoms with Crippen LogP contribution < -0.4 is 16.4 Å². The Kier molecular flexibility index (Phi) is 5.05. The number of hydrogen-bond donors (Lipinski definition) is 3. The molecule has 0 radical (unpaired) electrons. The van der Waals surface area contributed by atoms with E-state index in [4.69, 9.17) is 18.0 Å². The zero-order valence-electron chi connectivity index (χ0n) is 12.0. The van der Waals surface area contributed by atoms with Crippen LogP contribution in [0.4, 0.5) is 10.1 Å². The first kappa shape index (κ1) is 15.9. The van der Waals surface area contributed by atoms with Gasteiger partial charge in [0.05, 0.1) is 5.69 Å². The molecule has 0 saturated heterocycles. The van der Waals surface area contributed by atoms with Crippen LogP contribution in [0, 0.1) is 5.82 Å². The fourth-order valence-electron chi connectivity index (χ4n) is 1.81. The number of hydrogen-bond acceptors (Lipinski definition) is 3. The first-order valence-electron chi connectivity index (χ1n) is 6.66. The predicted octanol–water partition coefficient (Wildman–Crippen LogP) is 1.63. The first-order chi connectivity index (χ1) is 10.5. The number of carbonyl (C=O) groups excluding carboxylic acids is 1. The van der Waals surface area contributed by atoms with Gasteiger partial charge in [0.1, 0.15) is 5.82 Å². The lowest BCUT2D eigenvalue weighted by molar-refractivity contribution is 0.0995. The predicted molar refractivity (Wildman–Crippen MR) is 85.9 cm³/mol. The average molecular weight is 321 g/mol. The van der Waals surface area contributed by atoms with Crippen molar-refractivity contribution in [2.45, 2.75) is 20.0 Å². The Morgan fingerprint density at radius 1 is 1.41 bits per heavy atom. The molecule has 6 nitrogen and oxygen atoms in total. The number of primary amides is 1. The van der Waals surface area contributed by atoms with E-state index in [1.54, 1.807) is 23.0 Å². The molecule has 116 valence electrons. The highest BCUT2D eigenvalue weighted by Gasteiger charge is 2.14. The van der Waals surface area contributed by atoms with Crippen LogP contribution in [0.25, 0.3) is 0 Å². The minimum absolute atomic E-state index is 0.132. The van der Waals surface area contributed by atoms with Gasteiger partial charge in [-0.2, -0.15) is 5.10 Å². The fourth-order valence-corrected chi connectivity index (χ4v) is 1.99. The second-order valence-corrected chi connectivity index (χ2v) is 4.95. The molecule has 2 aromatic rings. The molecule has 1 amide bonds. The Labute approximate surface area is 132 Å². The maximum Gasteiger partial charge on any atom is 0.271 e. The van der Waals surface area contributed by atoms with Crippen molar-refractivity contribution in [2.24, 2.45) is 5.73 Å². The van der Waals surface area contributed by atoms with Gasteiger partial charge in [0.15, 0.2) is 10.8 Å². The van der Waals surface area contributed by atoms with Crippen molar-refractivity contribution in [3.63, 3.8) is 0 Å². The third-order valence-electron chi connectivity index (χ3n) is 2.93. The highest BCUT2D eigenvalue weighted by molar-refractivity contribution is 7.80. The number of amides is 1. The Bertz CT molecular complexity index is 683. The molecule has 2 rings (SSSR count). The van der Waals surface area contributed by atoms with E-state index in [1.165, 1.54) is 12.1 Å². The van der Waals surface area contributed by atoms with Crippen LogP contribution in [-0.2, 0) is 13.1 Å². The van der Waals surface area contributed by atoms with Gasteiger partial charge in [0.25, 0.3) is 5.91 Å². The zero-order chi connectivity index (χ0) is 16.1. The normalized spacial score (nSPS) is 10.3. The molecule has 0 saturated carbocycles. The first-order valence-corrected chi connectivity index (χ1v) is 7.07. The van der Waals surface area contributed by atoms with Gasteiger partial charge in [-0.15, -0.1) is 0 Å². The van der Waals surface area contributed by atoms with Crippen molar-refractivity contribution in [2.75, 3.05) is 5.32 Å². The zero-order valence-corrected chi connectivity index (χ0v) is 12.8. The molecule has 0 aliphatic rings. The monoisotopic (exact) mass is 321 g/mol. The smallest absolute Gasteiger partial charge is 0.271 e.